The predicted molar refractivity (Wildman–Crippen MR) is 127 cm³/mol. The molecule has 0 heterocycles. The molecular formula is C26H27N3O3. The van der Waals surface area contributed by atoms with Gasteiger partial charge in [-0.1, -0.05) is 30.3 Å². The van der Waals surface area contributed by atoms with E-state index >= 15 is 0 Å². The second kappa shape index (κ2) is 10.4. The van der Waals surface area contributed by atoms with Gasteiger partial charge in [0, 0.05) is 25.5 Å². The zero-order valence-corrected chi connectivity index (χ0v) is 18.8. The number of carbonyl (C=O) groups is 1. The quantitative estimate of drug-likeness (QED) is 0.553. The van der Waals surface area contributed by atoms with Crippen LogP contribution in [-0.4, -0.2) is 34.2 Å². The molecule has 0 aliphatic carbocycles. The number of carbonyl (C=O) groups excluding carboxylic acids is 1. The van der Waals surface area contributed by atoms with E-state index in [9.17, 15) is 10.1 Å². The van der Waals surface area contributed by atoms with Gasteiger partial charge in [0.05, 0.1) is 26.2 Å². The highest BCUT2D eigenvalue weighted by atomic mass is 16.5. The highest BCUT2D eigenvalue weighted by Gasteiger charge is 2.19. The minimum absolute atomic E-state index is 0.278. The maximum atomic E-state index is 12.8. The number of nitriles is 1. The van der Waals surface area contributed by atoms with Crippen LogP contribution < -0.4 is 19.7 Å². The fourth-order valence-electron chi connectivity index (χ4n) is 3.47. The zero-order valence-electron chi connectivity index (χ0n) is 18.8. The lowest BCUT2D eigenvalue weighted by molar-refractivity contribution is 0.102. The van der Waals surface area contributed by atoms with Crippen molar-refractivity contribution in [3.05, 3.63) is 83.4 Å². The smallest absolute Gasteiger partial charge is 0.263 e. The van der Waals surface area contributed by atoms with Gasteiger partial charge < -0.3 is 19.7 Å². The van der Waals surface area contributed by atoms with Gasteiger partial charge in [0.15, 0.2) is 0 Å². The molecule has 6 nitrogen and oxygen atoms in total. The van der Waals surface area contributed by atoms with Crippen LogP contribution in [0, 0.1) is 11.3 Å². The summed E-state index contributed by atoms with van der Waals surface area (Å²) in [6, 6.07) is 23.1. The highest BCUT2D eigenvalue weighted by Crippen LogP contribution is 2.29. The number of benzene rings is 3. The number of rotatable bonds is 8. The molecule has 0 aromatic heterocycles. The lowest BCUT2D eigenvalue weighted by Gasteiger charge is -2.15. The molecule has 1 atom stereocenters. The van der Waals surface area contributed by atoms with Crippen LogP contribution in [0.4, 0.5) is 11.4 Å². The van der Waals surface area contributed by atoms with E-state index < -0.39 is 0 Å². The molecule has 3 rings (SSSR count). The number of hydrogen-bond donors (Lipinski definition) is 1. The number of nitrogens with zero attached hydrogens (tertiary/aromatic N) is 2. The molecule has 32 heavy (non-hydrogen) atoms. The molecule has 3 aromatic carbocycles. The van der Waals surface area contributed by atoms with Gasteiger partial charge in [0.1, 0.15) is 17.1 Å². The van der Waals surface area contributed by atoms with Crippen LogP contribution in [0.15, 0.2) is 66.7 Å². The third-order valence-corrected chi connectivity index (χ3v) is 5.27. The van der Waals surface area contributed by atoms with E-state index in [1.54, 1.807) is 30.3 Å². The van der Waals surface area contributed by atoms with Crippen molar-refractivity contribution in [1.29, 1.82) is 5.26 Å². The van der Waals surface area contributed by atoms with Gasteiger partial charge in [-0.25, -0.2) is 0 Å². The fourth-order valence-corrected chi connectivity index (χ4v) is 3.47. The number of ether oxygens (including phenoxy) is 2. The van der Waals surface area contributed by atoms with Crippen molar-refractivity contribution in [2.24, 2.45) is 0 Å². The van der Waals surface area contributed by atoms with Gasteiger partial charge in [-0.3, -0.25) is 4.79 Å². The van der Waals surface area contributed by atoms with Crippen molar-refractivity contribution >= 4 is 17.3 Å². The normalized spacial score (nSPS) is 11.2. The van der Waals surface area contributed by atoms with E-state index in [0.29, 0.717) is 29.2 Å². The van der Waals surface area contributed by atoms with Crippen molar-refractivity contribution in [3.63, 3.8) is 0 Å². The Morgan fingerprint density at radius 3 is 2.06 bits per heavy atom. The van der Waals surface area contributed by atoms with Crippen LogP contribution in [0.3, 0.4) is 0 Å². The van der Waals surface area contributed by atoms with Gasteiger partial charge in [-0.2, -0.15) is 5.26 Å². The number of amides is 1. The standard InChI is InChI=1S/C26H27N3O3/c1-29(2)22-14-8-18(9-15-22)16-20(17-27)19-10-12-21(13-11-19)28-26(30)25-23(31-3)6-5-7-24(25)32-4/h5-15,20H,16H2,1-4H3,(H,28,30). The van der Waals surface area contributed by atoms with E-state index in [4.69, 9.17) is 9.47 Å². The van der Waals surface area contributed by atoms with Crippen molar-refractivity contribution in [1.82, 2.24) is 0 Å². The third kappa shape index (κ3) is 5.19. The average molecular weight is 430 g/mol. The van der Waals surface area contributed by atoms with E-state index in [-0.39, 0.29) is 11.8 Å². The van der Waals surface area contributed by atoms with E-state index in [1.165, 1.54) is 14.2 Å². The van der Waals surface area contributed by atoms with Gasteiger partial charge in [-0.15, -0.1) is 0 Å². The fraction of sp³-hybridized carbons (Fsp3) is 0.231. The minimum atomic E-state index is -0.329. The summed E-state index contributed by atoms with van der Waals surface area (Å²) in [7, 11) is 7.02. The Kier molecular flexibility index (Phi) is 7.35. The van der Waals surface area contributed by atoms with Crippen LogP contribution in [0.5, 0.6) is 11.5 Å². The van der Waals surface area contributed by atoms with Crippen LogP contribution in [-0.2, 0) is 6.42 Å². The predicted octanol–water partition coefficient (Wildman–Crippen LogP) is 4.87. The molecule has 0 saturated heterocycles. The maximum absolute atomic E-state index is 12.8. The van der Waals surface area contributed by atoms with Gasteiger partial charge in [-0.05, 0) is 53.9 Å². The molecule has 1 N–H and O–H groups in total. The molecule has 164 valence electrons. The first-order valence-corrected chi connectivity index (χ1v) is 10.2. The lowest BCUT2D eigenvalue weighted by Crippen LogP contribution is -2.14. The molecule has 0 bridgehead atoms. The van der Waals surface area contributed by atoms with E-state index in [2.05, 4.69) is 35.7 Å². The molecule has 0 saturated carbocycles. The summed E-state index contributed by atoms with van der Waals surface area (Å²) in [6.07, 6.45) is 0.619. The molecule has 1 unspecified atom stereocenters. The van der Waals surface area contributed by atoms with E-state index in [1.807, 2.05) is 31.1 Å². The first kappa shape index (κ1) is 22.7. The van der Waals surface area contributed by atoms with Crippen molar-refractivity contribution in [2.75, 3.05) is 38.5 Å². The van der Waals surface area contributed by atoms with Gasteiger partial charge in [0.25, 0.3) is 5.91 Å². The minimum Gasteiger partial charge on any atom is -0.496 e. The Labute approximate surface area is 189 Å². The average Bonchev–Trinajstić information content (AvgIpc) is 2.82. The largest absolute Gasteiger partial charge is 0.496 e. The molecule has 0 aliphatic heterocycles. The second-order valence-electron chi connectivity index (χ2n) is 7.56. The molecule has 0 aliphatic rings. The topological polar surface area (TPSA) is 74.6 Å². The Morgan fingerprint density at radius 1 is 0.969 bits per heavy atom. The molecule has 0 spiro atoms. The molecule has 0 fully saturated rings. The molecule has 1 amide bonds. The summed E-state index contributed by atoms with van der Waals surface area (Å²) in [5.41, 5.74) is 4.07. The SMILES string of the molecule is COc1cccc(OC)c1C(=O)Nc1ccc(C(C#N)Cc2ccc(N(C)C)cc2)cc1. The Morgan fingerprint density at radius 2 is 1.56 bits per heavy atom. The summed E-state index contributed by atoms with van der Waals surface area (Å²) in [5.74, 6) is 0.260. The number of hydrogen-bond acceptors (Lipinski definition) is 5. The Hall–Kier alpha value is -3.98. The first-order valence-electron chi connectivity index (χ1n) is 10.2. The third-order valence-electron chi connectivity index (χ3n) is 5.27. The van der Waals surface area contributed by atoms with Crippen molar-refractivity contribution < 1.29 is 14.3 Å². The first-order chi connectivity index (χ1) is 15.5. The molecule has 3 aromatic rings. The Bertz CT molecular complexity index is 1080. The summed E-state index contributed by atoms with van der Waals surface area (Å²) in [6.45, 7) is 0. The summed E-state index contributed by atoms with van der Waals surface area (Å²) in [4.78, 5) is 14.9. The summed E-state index contributed by atoms with van der Waals surface area (Å²) >= 11 is 0. The highest BCUT2D eigenvalue weighted by molar-refractivity contribution is 6.08. The number of methoxy groups -OCH3 is 2. The summed E-state index contributed by atoms with van der Waals surface area (Å²) in [5, 5.41) is 12.6. The molecular weight excluding hydrogens is 402 g/mol. The van der Waals surface area contributed by atoms with E-state index in [0.717, 1.165) is 16.8 Å². The van der Waals surface area contributed by atoms with Crippen molar-refractivity contribution in [2.45, 2.75) is 12.3 Å². The van der Waals surface area contributed by atoms with Crippen LogP contribution in [0.2, 0.25) is 0 Å². The van der Waals surface area contributed by atoms with Crippen LogP contribution >= 0.6 is 0 Å². The maximum Gasteiger partial charge on any atom is 0.263 e. The number of nitrogens with one attached hydrogen (secondary N) is 1. The monoisotopic (exact) mass is 429 g/mol. The van der Waals surface area contributed by atoms with Gasteiger partial charge >= 0.3 is 0 Å². The summed E-state index contributed by atoms with van der Waals surface area (Å²) < 4.78 is 10.6. The number of anilines is 2. The molecule has 0 radical (unpaired) electrons. The lowest BCUT2D eigenvalue weighted by atomic mass is 9.93. The van der Waals surface area contributed by atoms with Crippen LogP contribution in [0.25, 0.3) is 0 Å². The Balaban J connectivity index is 1.73. The van der Waals surface area contributed by atoms with Crippen LogP contribution in [0.1, 0.15) is 27.4 Å². The van der Waals surface area contributed by atoms with Gasteiger partial charge in [0.2, 0.25) is 0 Å². The molecule has 6 heteroatoms. The second-order valence-corrected chi connectivity index (χ2v) is 7.56. The van der Waals surface area contributed by atoms with Crippen molar-refractivity contribution in [3.8, 4) is 17.6 Å². The zero-order chi connectivity index (χ0) is 23.1.